The second kappa shape index (κ2) is 14.1. The van der Waals surface area contributed by atoms with E-state index in [1.807, 2.05) is 13.0 Å². The van der Waals surface area contributed by atoms with Crippen LogP contribution in [0.3, 0.4) is 0 Å². The highest BCUT2D eigenvalue weighted by atomic mass is 16.1. The SMILES string of the molecule is CCCCCCCCCCCCCCCC(=O)c1cc(C)ccc1C. The largest absolute Gasteiger partial charge is 0.294 e. The molecule has 1 rings (SSSR count). The van der Waals surface area contributed by atoms with Gasteiger partial charge in [0.1, 0.15) is 0 Å². The summed E-state index contributed by atoms with van der Waals surface area (Å²) in [6.07, 6.45) is 18.2. The van der Waals surface area contributed by atoms with Gasteiger partial charge in [0.15, 0.2) is 5.78 Å². The fourth-order valence-corrected chi connectivity index (χ4v) is 3.47. The van der Waals surface area contributed by atoms with Gasteiger partial charge in [-0.25, -0.2) is 0 Å². The van der Waals surface area contributed by atoms with Crippen LogP contribution < -0.4 is 0 Å². The second-order valence-corrected chi connectivity index (χ2v) is 7.73. The highest BCUT2D eigenvalue weighted by Gasteiger charge is 2.08. The smallest absolute Gasteiger partial charge is 0.163 e. The third-order valence-corrected chi connectivity index (χ3v) is 5.20. The van der Waals surface area contributed by atoms with Crippen molar-refractivity contribution in [3.8, 4) is 0 Å². The molecule has 0 aliphatic heterocycles. The molecule has 0 aromatic heterocycles. The molecule has 0 bridgehead atoms. The van der Waals surface area contributed by atoms with E-state index in [9.17, 15) is 4.79 Å². The molecule has 1 aromatic carbocycles. The van der Waals surface area contributed by atoms with Crippen molar-refractivity contribution in [2.75, 3.05) is 0 Å². The molecule has 1 aromatic rings. The quantitative estimate of drug-likeness (QED) is 0.233. The summed E-state index contributed by atoms with van der Waals surface area (Å²) in [5.74, 6) is 0.323. The van der Waals surface area contributed by atoms with Crippen LogP contribution in [0.25, 0.3) is 0 Å². The highest BCUT2D eigenvalue weighted by molar-refractivity contribution is 5.97. The van der Waals surface area contributed by atoms with Crippen LogP contribution in [-0.4, -0.2) is 5.78 Å². The maximum Gasteiger partial charge on any atom is 0.163 e. The van der Waals surface area contributed by atoms with Crippen LogP contribution in [0.1, 0.15) is 118 Å². The van der Waals surface area contributed by atoms with Crippen LogP contribution in [0, 0.1) is 13.8 Å². The summed E-state index contributed by atoms with van der Waals surface area (Å²) in [5.41, 5.74) is 3.23. The summed E-state index contributed by atoms with van der Waals surface area (Å²) in [5, 5.41) is 0. The first kappa shape index (κ1) is 21.9. The number of hydrogen-bond acceptors (Lipinski definition) is 1. The predicted molar refractivity (Wildman–Crippen MR) is 111 cm³/mol. The number of aryl methyl sites for hydroxylation is 2. The van der Waals surface area contributed by atoms with Gasteiger partial charge in [0.25, 0.3) is 0 Å². The lowest BCUT2D eigenvalue weighted by Gasteiger charge is -2.06. The van der Waals surface area contributed by atoms with E-state index in [1.165, 1.54) is 82.6 Å². The van der Waals surface area contributed by atoms with Crippen LogP contribution in [0.15, 0.2) is 18.2 Å². The fraction of sp³-hybridized carbons (Fsp3) is 0.708. The van der Waals surface area contributed by atoms with Gasteiger partial charge in [-0.3, -0.25) is 4.79 Å². The average Bonchev–Trinajstić information content (AvgIpc) is 2.61. The van der Waals surface area contributed by atoms with Crippen LogP contribution in [0.5, 0.6) is 0 Å². The molecule has 0 fully saturated rings. The summed E-state index contributed by atoms with van der Waals surface area (Å²) in [6, 6.07) is 6.18. The zero-order chi connectivity index (χ0) is 18.3. The zero-order valence-corrected chi connectivity index (χ0v) is 17.0. The second-order valence-electron chi connectivity index (χ2n) is 7.73. The van der Waals surface area contributed by atoms with E-state index in [0.29, 0.717) is 12.2 Å². The molecule has 0 amide bonds. The van der Waals surface area contributed by atoms with Crippen LogP contribution >= 0.6 is 0 Å². The molecule has 0 unspecified atom stereocenters. The Kier molecular flexibility index (Phi) is 12.4. The van der Waals surface area contributed by atoms with E-state index in [0.717, 1.165) is 17.5 Å². The number of unbranched alkanes of at least 4 members (excludes halogenated alkanes) is 12. The first-order valence-corrected chi connectivity index (χ1v) is 10.8. The molecule has 1 nitrogen and oxygen atoms in total. The van der Waals surface area contributed by atoms with E-state index in [2.05, 4.69) is 26.0 Å². The summed E-state index contributed by atoms with van der Waals surface area (Å²) < 4.78 is 0. The minimum atomic E-state index is 0.323. The molecule has 0 N–H and O–H groups in total. The fourth-order valence-electron chi connectivity index (χ4n) is 3.47. The van der Waals surface area contributed by atoms with E-state index in [1.54, 1.807) is 0 Å². The van der Waals surface area contributed by atoms with Gasteiger partial charge in [0.2, 0.25) is 0 Å². The van der Waals surface area contributed by atoms with Gasteiger partial charge in [-0.15, -0.1) is 0 Å². The maximum atomic E-state index is 12.3. The molecule has 0 saturated carbocycles. The number of carbonyl (C=O) groups excluding carboxylic acids is 1. The molecule has 0 aliphatic carbocycles. The van der Waals surface area contributed by atoms with Crippen molar-refractivity contribution < 1.29 is 4.79 Å². The Morgan fingerprint density at radius 2 is 1.20 bits per heavy atom. The summed E-state index contributed by atoms with van der Waals surface area (Å²) in [6.45, 7) is 6.37. The topological polar surface area (TPSA) is 17.1 Å². The molecule has 0 saturated heterocycles. The predicted octanol–water partition coefficient (Wildman–Crippen LogP) is 7.97. The molecular weight excluding hydrogens is 304 g/mol. The molecule has 0 aliphatic rings. The Balaban J connectivity index is 1.95. The Morgan fingerprint density at radius 3 is 1.72 bits per heavy atom. The van der Waals surface area contributed by atoms with E-state index in [-0.39, 0.29) is 0 Å². The molecule has 25 heavy (non-hydrogen) atoms. The van der Waals surface area contributed by atoms with Crippen molar-refractivity contribution in [1.29, 1.82) is 0 Å². The number of carbonyl (C=O) groups is 1. The zero-order valence-electron chi connectivity index (χ0n) is 17.0. The van der Waals surface area contributed by atoms with E-state index < -0.39 is 0 Å². The van der Waals surface area contributed by atoms with Crippen molar-refractivity contribution in [2.24, 2.45) is 0 Å². The number of ketones is 1. The highest BCUT2D eigenvalue weighted by Crippen LogP contribution is 2.16. The summed E-state index contributed by atoms with van der Waals surface area (Å²) >= 11 is 0. The van der Waals surface area contributed by atoms with Crippen molar-refractivity contribution in [3.63, 3.8) is 0 Å². The van der Waals surface area contributed by atoms with Crippen molar-refractivity contribution >= 4 is 5.78 Å². The third-order valence-electron chi connectivity index (χ3n) is 5.20. The average molecular weight is 345 g/mol. The van der Waals surface area contributed by atoms with Crippen LogP contribution in [0.2, 0.25) is 0 Å². The Hall–Kier alpha value is -1.11. The standard InChI is InChI=1S/C24H40O/c1-4-5-6-7-8-9-10-11-12-13-14-15-16-17-24(25)23-20-21(2)18-19-22(23)3/h18-20H,4-17H2,1-3H3. The molecular formula is C24H40O. The molecule has 0 heterocycles. The Labute approximate surface area is 156 Å². The normalized spacial score (nSPS) is 11.0. The number of hydrogen-bond donors (Lipinski definition) is 0. The van der Waals surface area contributed by atoms with E-state index in [4.69, 9.17) is 0 Å². The van der Waals surface area contributed by atoms with E-state index >= 15 is 0 Å². The first-order chi connectivity index (χ1) is 12.1. The van der Waals surface area contributed by atoms with Crippen molar-refractivity contribution in [3.05, 3.63) is 34.9 Å². The van der Waals surface area contributed by atoms with Gasteiger partial charge in [0.05, 0.1) is 0 Å². The minimum Gasteiger partial charge on any atom is -0.294 e. The van der Waals surface area contributed by atoms with Crippen molar-refractivity contribution in [1.82, 2.24) is 0 Å². The molecule has 0 radical (unpaired) electrons. The first-order valence-electron chi connectivity index (χ1n) is 10.8. The molecule has 142 valence electrons. The van der Waals surface area contributed by atoms with Gasteiger partial charge < -0.3 is 0 Å². The Bertz CT molecular complexity index is 475. The van der Waals surface area contributed by atoms with Crippen molar-refractivity contribution in [2.45, 2.75) is 111 Å². The minimum absolute atomic E-state index is 0.323. The van der Waals surface area contributed by atoms with Gasteiger partial charge in [-0.2, -0.15) is 0 Å². The Morgan fingerprint density at radius 1 is 0.720 bits per heavy atom. The van der Waals surface area contributed by atoms with Crippen LogP contribution in [-0.2, 0) is 0 Å². The van der Waals surface area contributed by atoms with Crippen LogP contribution in [0.4, 0.5) is 0 Å². The maximum absolute atomic E-state index is 12.3. The monoisotopic (exact) mass is 344 g/mol. The lowest BCUT2D eigenvalue weighted by atomic mass is 9.98. The van der Waals surface area contributed by atoms with Gasteiger partial charge in [-0.05, 0) is 31.9 Å². The lowest BCUT2D eigenvalue weighted by molar-refractivity contribution is 0.0978. The number of rotatable bonds is 15. The molecule has 0 atom stereocenters. The number of benzene rings is 1. The lowest BCUT2D eigenvalue weighted by Crippen LogP contribution is -2.02. The number of Topliss-reactive ketones (excluding diaryl/α,β-unsaturated/α-hetero) is 1. The van der Waals surface area contributed by atoms with Gasteiger partial charge in [0, 0.05) is 12.0 Å². The molecule has 0 spiro atoms. The van der Waals surface area contributed by atoms with Gasteiger partial charge >= 0.3 is 0 Å². The molecule has 1 heteroatoms. The summed E-state index contributed by atoms with van der Waals surface area (Å²) in [7, 11) is 0. The summed E-state index contributed by atoms with van der Waals surface area (Å²) in [4.78, 5) is 12.3. The third kappa shape index (κ3) is 10.5. The van der Waals surface area contributed by atoms with Gasteiger partial charge in [-0.1, -0.05) is 102 Å².